The van der Waals surface area contributed by atoms with Crippen molar-refractivity contribution in [1.82, 2.24) is 0 Å². The molecule has 1 radical (unpaired) electrons. The van der Waals surface area contributed by atoms with E-state index in [4.69, 9.17) is 0 Å². The van der Waals surface area contributed by atoms with Crippen molar-refractivity contribution in [2.75, 3.05) is 0 Å². The Morgan fingerprint density at radius 1 is 1.17 bits per heavy atom. The van der Waals surface area contributed by atoms with E-state index in [-0.39, 0.29) is 10.9 Å². The maximum Gasteiger partial charge on any atom is 0.00268 e. The summed E-state index contributed by atoms with van der Waals surface area (Å²) in [5.41, 5.74) is 1.23. The fraction of sp³-hybridized carbons (Fsp3) is 0.0909. The molecular formula is C11H11S. The molecule has 1 aliphatic heterocycles. The molecule has 12 heavy (non-hydrogen) atoms. The second kappa shape index (κ2) is 3.20. The van der Waals surface area contributed by atoms with Crippen LogP contribution in [0.3, 0.4) is 0 Å². The van der Waals surface area contributed by atoms with Gasteiger partial charge in [-0.15, -0.1) is 0 Å². The van der Waals surface area contributed by atoms with E-state index in [2.05, 4.69) is 54.2 Å². The summed E-state index contributed by atoms with van der Waals surface area (Å²) in [5, 5.41) is 4.50. The summed E-state index contributed by atoms with van der Waals surface area (Å²) in [5.74, 6) is 0. The summed E-state index contributed by atoms with van der Waals surface area (Å²) in [6.45, 7) is 2.09. The number of allylic oxidation sites excluding steroid dienone is 2. The van der Waals surface area contributed by atoms with Gasteiger partial charge in [-0.3, -0.25) is 0 Å². The molecule has 1 heterocycles. The van der Waals surface area contributed by atoms with Crippen LogP contribution in [0.25, 0.3) is 0 Å². The van der Waals surface area contributed by atoms with Gasteiger partial charge < -0.3 is 0 Å². The van der Waals surface area contributed by atoms with Crippen molar-refractivity contribution in [2.24, 2.45) is 0 Å². The first-order valence-corrected chi connectivity index (χ1v) is 5.46. The first-order valence-electron chi connectivity index (χ1n) is 3.98. The molecule has 0 aromatic heterocycles. The number of hydrogen-bond acceptors (Lipinski definition) is 0. The molecule has 0 spiro atoms. The van der Waals surface area contributed by atoms with Gasteiger partial charge in [0.1, 0.15) is 0 Å². The van der Waals surface area contributed by atoms with Gasteiger partial charge >= 0.3 is 0 Å². The number of hydrogen-bond donors (Lipinski definition) is 1. The fourth-order valence-electron chi connectivity index (χ4n) is 1.21. The lowest BCUT2D eigenvalue weighted by atomic mass is 10.2. The average molecular weight is 175 g/mol. The molecule has 0 aliphatic carbocycles. The molecule has 0 fully saturated rings. The average Bonchev–Trinajstić information content (AvgIpc) is 2.56. The van der Waals surface area contributed by atoms with Gasteiger partial charge in [0, 0.05) is 4.90 Å². The van der Waals surface area contributed by atoms with Crippen LogP contribution < -0.4 is 0 Å². The molecule has 1 heteroatoms. The van der Waals surface area contributed by atoms with Crippen LogP contribution in [0.1, 0.15) is 5.56 Å². The predicted molar refractivity (Wildman–Crippen MR) is 55.5 cm³/mol. The van der Waals surface area contributed by atoms with Crippen LogP contribution in [0.15, 0.2) is 46.1 Å². The molecular weight excluding hydrogens is 164 g/mol. The molecule has 0 nitrogen and oxygen atoms in total. The summed E-state index contributed by atoms with van der Waals surface area (Å²) in [6.07, 6.45) is 4.23. The Kier molecular flexibility index (Phi) is 2.05. The van der Waals surface area contributed by atoms with Gasteiger partial charge in [0.05, 0.1) is 0 Å². The quantitative estimate of drug-likeness (QED) is 0.623. The highest BCUT2D eigenvalue weighted by Crippen LogP contribution is 2.41. The smallest absolute Gasteiger partial charge is 0.00268 e. The molecule has 0 N–H and O–H groups in total. The molecule has 0 unspecified atom stereocenters. The molecule has 61 valence electrons. The third-order valence-electron chi connectivity index (χ3n) is 1.81. The van der Waals surface area contributed by atoms with E-state index in [1.165, 1.54) is 10.5 Å². The first kappa shape index (κ1) is 7.69. The monoisotopic (exact) mass is 175 g/mol. The van der Waals surface area contributed by atoms with Crippen LogP contribution >= 0.6 is 10.9 Å². The van der Waals surface area contributed by atoms with Gasteiger partial charge in [0.2, 0.25) is 0 Å². The van der Waals surface area contributed by atoms with Crippen molar-refractivity contribution < 1.29 is 0 Å². The molecule has 0 atom stereocenters. The zero-order valence-corrected chi connectivity index (χ0v) is 7.88. The highest BCUT2D eigenvalue weighted by molar-refractivity contribution is 8.22. The lowest BCUT2D eigenvalue weighted by molar-refractivity contribution is 1.35. The van der Waals surface area contributed by atoms with E-state index in [1.54, 1.807) is 0 Å². The standard InChI is InChI=1S/C11H11S/c1-10-5-4-6-11(9-10)12-7-2-3-8-12/h2-8,12H,1H3. The maximum absolute atomic E-state index is 3.38. The van der Waals surface area contributed by atoms with Crippen LogP contribution in [-0.4, -0.2) is 0 Å². The van der Waals surface area contributed by atoms with Crippen molar-refractivity contribution in [3.63, 3.8) is 0 Å². The van der Waals surface area contributed by atoms with Gasteiger partial charge in [0.15, 0.2) is 0 Å². The molecule has 1 aromatic rings. The second-order valence-corrected chi connectivity index (χ2v) is 4.70. The second-order valence-electron chi connectivity index (χ2n) is 2.81. The van der Waals surface area contributed by atoms with Gasteiger partial charge in [-0.05, 0) is 35.4 Å². The van der Waals surface area contributed by atoms with E-state index in [9.17, 15) is 0 Å². The van der Waals surface area contributed by atoms with Crippen molar-refractivity contribution >= 4 is 10.9 Å². The van der Waals surface area contributed by atoms with Gasteiger partial charge in [-0.1, -0.05) is 24.3 Å². The Balaban J connectivity index is 2.34. The summed E-state index contributed by atoms with van der Waals surface area (Å²) >= 11 is 0. The Bertz CT molecular complexity index is 325. The topological polar surface area (TPSA) is 0 Å². The van der Waals surface area contributed by atoms with Crippen LogP contribution in [0.2, 0.25) is 0 Å². The van der Waals surface area contributed by atoms with Crippen molar-refractivity contribution in [1.29, 1.82) is 0 Å². The Labute approximate surface area is 76.0 Å². The van der Waals surface area contributed by atoms with Crippen molar-refractivity contribution in [3.8, 4) is 0 Å². The third kappa shape index (κ3) is 1.46. The fourth-order valence-corrected chi connectivity index (χ4v) is 2.77. The van der Waals surface area contributed by atoms with Gasteiger partial charge in [-0.2, -0.15) is 10.9 Å². The number of benzene rings is 1. The minimum Gasteiger partial charge on any atom is -0.186 e. The maximum atomic E-state index is 3.38. The molecule has 0 bridgehead atoms. The Morgan fingerprint density at radius 3 is 2.58 bits per heavy atom. The lowest BCUT2D eigenvalue weighted by Crippen LogP contribution is -1.77. The summed E-state index contributed by atoms with van der Waals surface area (Å²) in [4.78, 5) is 1.33. The number of thiol groups is 1. The summed E-state index contributed by atoms with van der Waals surface area (Å²) in [6, 6.07) is 9.71. The number of aryl methyl sites for hydroxylation is 1. The van der Waals surface area contributed by atoms with Crippen LogP contribution in [0.4, 0.5) is 0 Å². The summed E-state index contributed by atoms with van der Waals surface area (Å²) in [7, 11) is -0.173. The molecule has 0 saturated carbocycles. The summed E-state index contributed by atoms with van der Waals surface area (Å²) < 4.78 is 0. The van der Waals surface area contributed by atoms with E-state index >= 15 is 0 Å². The highest BCUT2D eigenvalue weighted by atomic mass is 32.2. The van der Waals surface area contributed by atoms with E-state index in [0.29, 0.717) is 0 Å². The minimum atomic E-state index is -0.173. The Hall–Kier alpha value is -0.950. The normalized spacial score (nSPS) is 17.2. The van der Waals surface area contributed by atoms with Gasteiger partial charge in [-0.25, -0.2) is 0 Å². The molecule has 0 amide bonds. The van der Waals surface area contributed by atoms with E-state index < -0.39 is 0 Å². The minimum absolute atomic E-state index is 0.173. The predicted octanol–water partition coefficient (Wildman–Crippen LogP) is 3.20. The van der Waals surface area contributed by atoms with Crippen molar-refractivity contribution in [3.05, 3.63) is 52.8 Å². The largest absolute Gasteiger partial charge is 0.186 e. The first-order chi connectivity index (χ1) is 5.86. The molecule has 1 aliphatic rings. The Morgan fingerprint density at radius 2 is 1.92 bits per heavy atom. The molecule has 2 rings (SSSR count). The van der Waals surface area contributed by atoms with Crippen LogP contribution in [0, 0.1) is 13.0 Å². The zero-order chi connectivity index (χ0) is 8.39. The van der Waals surface area contributed by atoms with Crippen molar-refractivity contribution in [2.45, 2.75) is 11.8 Å². The SMILES string of the molecule is Cc1[c]c([SH]2C=CC=C2)ccc1. The number of rotatable bonds is 1. The third-order valence-corrected chi connectivity index (χ3v) is 3.61. The van der Waals surface area contributed by atoms with E-state index in [0.717, 1.165) is 0 Å². The molecule has 0 saturated heterocycles. The van der Waals surface area contributed by atoms with Crippen LogP contribution in [-0.2, 0) is 0 Å². The van der Waals surface area contributed by atoms with E-state index in [1.807, 2.05) is 0 Å². The zero-order valence-electron chi connectivity index (χ0n) is 6.99. The molecule has 1 aromatic carbocycles. The highest BCUT2D eigenvalue weighted by Gasteiger charge is 2.01. The lowest BCUT2D eigenvalue weighted by Gasteiger charge is -2.09. The van der Waals surface area contributed by atoms with Gasteiger partial charge in [0.25, 0.3) is 0 Å². The van der Waals surface area contributed by atoms with Crippen LogP contribution in [0.5, 0.6) is 0 Å².